The SMILES string of the molecule is CCO[C@@H]1CCCN(C(=O)c2ccn(-c3cccc(Cl)c3)n2)C1. The molecule has 0 bridgehead atoms. The second kappa shape index (κ2) is 7.15. The molecule has 1 aromatic carbocycles. The van der Waals surface area contributed by atoms with Crippen LogP contribution in [0, 0.1) is 0 Å². The molecule has 0 radical (unpaired) electrons. The number of piperidine rings is 1. The molecule has 1 aliphatic heterocycles. The number of nitrogens with zero attached hydrogens (tertiary/aromatic N) is 3. The minimum absolute atomic E-state index is 0.0461. The Kier molecular flexibility index (Phi) is 4.98. The van der Waals surface area contributed by atoms with Crippen molar-refractivity contribution in [1.29, 1.82) is 0 Å². The van der Waals surface area contributed by atoms with Crippen LogP contribution < -0.4 is 0 Å². The molecule has 1 fully saturated rings. The van der Waals surface area contributed by atoms with Crippen LogP contribution in [0.15, 0.2) is 36.5 Å². The van der Waals surface area contributed by atoms with Gasteiger partial charge in [0.1, 0.15) is 0 Å². The zero-order valence-corrected chi connectivity index (χ0v) is 13.9. The first kappa shape index (κ1) is 16.0. The summed E-state index contributed by atoms with van der Waals surface area (Å²) in [5, 5.41) is 5.03. The molecule has 5 nitrogen and oxygen atoms in total. The first-order valence-electron chi connectivity index (χ1n) is 7.90. The average Bonchev–Trinajstić information content (AvgIpc) is 3.05. The van der Waals surface area contributed by atoms with Crippen LogP contribution in [-0.4, -0.2) is 46.4 Å². The van der Waals surface area contributed by atoms with Gasteiger partial charge in [0.25, 0.3) is 5.91 Å². The molecule has 1 saturated heterocycles. The summed E-state index contributed by atoms with van der Waals surface area (Å²) in [6.07, 6.45) is 3.88. The molecule has 0 aliphatic carbocycles. The van der Waals surface area contributed by atoms with Crippen molar-refractivity contribution < 1.29 is 9.53 Å². The van der Waals surface area contributed by atoms with Crippen molar-refractivity contribution in [3.63, 3.8) is 0 Å². The number of rotatable bonds is 4. The lowest BCUT2D eigenvalue weighted by molar-refractivity contribution is 0.00702. The number of hydrogen-bond donors (Lipinski definition) is 0. The molecule has 1 atom stereocenters. The van der Waals surface area contributed by atoms with E-state index in [4.69, 9.17) is 16.3 Å². The lowest BCUT2D eigenvalue weighted by atomic mass is 10.1. The van der Waals surface area contributed by atoms with E-state index in [0.29, 0.717) is 23.9 Å². The number of ether oxygens (including phenoxy) is 1. The predicted molar refractivity (Wildman–Crippen MR) is 89.1 cm³/mol. The topological polar surface area (TPSA) is 47.4 Å². The van der Waals surface area contributed by atoms with Gasteiger partial charge < -0.3 is 9.64 Å². The van der Waals surface area contributed by atoms with Gasteiger partial charge in [-0.2, -0.15) is 5.10 Å². The zero-order chi connectivity index (χ0) is 16.2. The summed E-state index contributed by atoms with van der Waals surface area (Å²) < 4.78 is 7.32. The third kappa shape index (κ3) is 3.74. The molecule has 3 rings (SSSR count). The Morgan fingerprint density at radius 2 is 2.30 bits per heavy atom. The number of hydrogen-bond acceptors (Lipinski definition) is 3. The van der Waals surface area contributed by atoms with E-state index < -0.39 is 0 Å². The number of carbonyl (C=O) groups excluding carboxylic acids is 1. The fourth-order valence-corrected chi connectivity index (χ4v) is 3.04. The van der Waals surface area contributed by atoms with E-state index >= 15 is 0 Å². The molecular formula is C17H20ClN3O2. The maximum Gasteiger partial charge on any atom is 0.274 e. The Labute approximate surface area is 140 Å². The van der Waals surface area contributed by atoms with Gasteiger partial charge in [-0.1, -0.05) is 17.7 Å². The van der Waals surface area contributed by atoms with E-state index in [-0.39, 0.29) is 12.0 Å². The van der Waals surface area contributed by atoms with Gasteiger partial charge in [-0.15, -0.1) is 0 Å². The monoisotopic (exact) mass is 333 g/mol. The number of likely N-dealkylation sites (tertiary alicyclic amines) is 1. The molecule has 0 spiro atoms. The number of carbonyl (C=O) groups is 1. The van der Waals surface area contributed by atoms with Gasteiger partial charge in [-0.05, 0) is 44.0 Å². The molecule has 2 aromatic rings. The fraction of sp³-hybridized carbons (Fsp3) is 0.412. The van der Waals surface area contributed by atoms with Crippen molar-refractivity contribution in [3.8, 4) is 5.69 Å². The van der Waals surface area contributed by atoms with E-state index in [0.717, 1.165) is 25.1 Å². The smallest absolute Gasteiger partial charge is 0.274 e. The van der Waals surface area contributed by atoms with E-state index in [1.54, 1.807) is 16.9 Å². The Bertz CT molecular complexity index is 684. The normalized spacial score (nSPS) is 18.2. The number of aromatic nitrogens is 2. The highest BCUT2D eigenvalue weighted by atomic mass is 35.5. The lowest BCUT2D eigenvalue weighted by Crippen LogP contribution is -2.43. The van der Waals surface area contributed by atoms with Crippen LogP contribution in [0.25, 0.3) is 5.69 Å². The molecule has 0 saturated carbocycles. The van der Waals surface area contributed by atoms with Crippen LogP contribution in [0.1, 0.15) is 30.3 Å². The second-order valence-electron chi connectivity index (χ2n) is 5.60. The van der Waals surface area contributed by atoms with Crippen molar-refractivity contribution in [2.45, 2.75) is 25.9 Å². The summed E-state index contributed by atoms with van der Waals surface area (Å²) in [5.74, 6) is -0.0461. The zero-order valence-electron chi connectivity index (χ0n) is 13.1. The molecule has 0 unspecified atom stereocenters. The fourth-order valence-electron chi connectivity index (χ4n) is 2.86. The molecular weight excluding hydrogens is 314 g/mol. The maximum atomic E-state index is 12.6. The van der Waals surface area contributed by atoms with Crippen LogP contribution >= 0.6 is 11.6 Å². The third-order valence-electron chi connectivity index (χ3n) is 3.95. The van der Waals surface area contributed by atoms with Crippen molar-refractivity contribution in [3.05, 3.63) is 47.2 Å². The Morgan fingerprint density at radius 1 is 1.43 bits per heavy atom. The summed E-state index contributed by atoms with van der Waals surface area (Å²) in [4.78, 5) is 14.5. The van der Waals surface area contributed by atoms with Gasteiger partial charge in [-0.3, -0.25) is 4.79 Å². The average molecular weight is 334 g/mol. The van der Waals surface area contributed by atoms with E-state index in [2.05, 4.69) is 5.10 Å². The molecule has 1 amide bonds. The molecule has 2 heterocycles. The molecule has 122 valence electrons. The largest absolute Gasteiger partial charge is 0.377 e. The van der Waals surface area contributed by atoms with Gasteiger partial charge >= 0.3 is 0 Å². The quantitative estimate of drug-likeness (QED) is 0.863. The van der Waals surface area contributed by atoms with E-state index in [1.807, 2.05) is 36.1 Å². The van der Waals surface area contributed by atoms with Crippen LogP contribution in [0.5, 0.6) is 0 Å². The molecule has 0 N–H and O–H groups in total. The summed E-state index contributed by atoms with van der Waals surface area (Å²) in [5.41, 5.74) is 1.28. The Hall–Kier alpha value is -1.85. The van der Waals surface area contributed by atoms with Gasteiger partial charge in [0.15, 0.2) is 5.69 Å². The standard InChI is InChI=1S/C17H20ClN3O2/c1-2-23-15-7-4-9-20(12-15)17(22)16-8-10-21(19-16)14-6-3-5-13(18)11-14/h3,5-6,8,10-11,15H,2,4,7,9,12H2,1H3/t15-/m1/s1. The first-order valence-corrected chi connectivity index (χ1v) is 8.27. The molecule has 23 heavy (non-hydrogen) atoms. The van der Waals surface area contributed by atoms with Crippen LogP contribution in [0.4, 0.5) is 0 Å². The van der Waals surface area contributed by atoms with E-state index in [9.17, 15) is 4.79 Å². The van der Waals surface area contributed by atoms with Crippen molar-refractivity contribution >= 4 is 17.5 Å². The summed E-state index contributed by atoms with van der Waals surface area (Å²) >= 11 is 6.00. The van der Waals surface area contributed by atoms with E-state index in [1.165, 1.54) is 0 Å². The summed E-state index contributed by atoms with van der Waals surface area (Å²) in [7, 11) is 0. The van der Waals surface area contributed by atoms with Crippen LogP contribution in [0.3, 0.4) is 0 Å². The van der Waals surface area contributed by atoms with Crippen molar-refractivity contribution in [1.82, 2.24) is 14.7 Å². The maximum absolute atomic E-state index is 12.6. The lowest BCUT2D eigenvalue weighted by Gasteiger charge is -2.32. The van der Waals surface area contributed by atoms with Crippen molar-refractivity contribution in [2.75, 3.05) is 19.7 Å². The molecule has 6 heteroatoms. The minimum Gasteiger partial charge on any atom is -0.377 e. The molecule has 1 aliphatic rings. The molecule has 1 aromatic heterocycles. The van der Waals surface area contributed by atoms with Gasteiger partial charge in [-0.25, -0.2) is 4.68 Å². The van der Waals surface area contributed by atoms with Crippen LogP contribution in [0.2, 0.25) is 5.02 Å². The third-order valence-corrected chi connectivity index (χ3v) is 4.18. The van der Waals surface area contributed by atoms with Crippen LogP contribution in [-0.2, 0) is 4.74 Å². The first-order chi connectivity index (χ1) is 11.2. The minimum atomic E-state index is -0.0461. The predicted octanol–water partition coefficient (Wildman–Crippen LogP) is 3.17. The highest BCUT2D eigenvalue weighted by Crippen LogP contribution is 2.17. The second-order valence-corrected chi connectivity index (χ2v) is 6.03. The highest BCUT2D eigenvalue weighted by Gasteiger charge is 2.26. The summed E-state index contributed by atoms with van der Waals surface area (Å²) in [6.45, 7) is 4.05. The number of halogens is 1. The Morgan fingerprint density at radius 3 is 3.09 bits per heavy atom. The highest BCUT2D eigenvalue weighted by molar-refractivity contribution is 6.30. The number of benzene rings is 1. The Balaban J connectivity index is 1.73. The van der Waals surface area contributed by atoms with Gasteiger partial charge in [0, 0.05) is 30.9 Å². The van der Waals surface area contributed by atoms with Gasteiger partial charge in [0.05, 0.1) is 11.8 Å². The number of amides is 1. The van der Waals surface area contributed by atoms with Gasteiger partial charge in [0.2, 0.25) is 0 Å². The summed E-state index contributed by atoms with van der Waals surface area (Å²) in [6, 6.07) is 9.13. The van der Waals surface area contributed by atoms with Crippen molar-refractivity contribution in [2.24, 2.45) is 0 Å².